The Morgan fingerprint density at radius 3 is 3.31 bits per heavy atom. The van der Waals surface area contributed by atoms with Crippen molar-refractivity contribution in [2.24, 2.45) is 5.73 Å². The lowest BCUT2D eigenvalue weighted by molar-refractivity contribution is -0.118. The van der Waals surface area contributed by atoms with Crippen molar-refractivity contribution in [3.8, 4) is 0 Å². The number of carbonyl (C=O) groups is 1. The van der Waals surface area contributed by atoms with Gasteiger partial charge in [-0.3, -0.25) is 9.48 Å². The third-order valence-electron chi connectivity index (χ3n) is 2.51. The summed E-state index contributed by atoms with van der Waals surface area (Å²) in [4.78, 5) is 10.7. The van der Waals surface area contributed by atoms with Crippen LogP contribution in [0.3, 0.4) is 0 Å². The van der Waals surface area contributed by atoms with Crippen LogP contribution in [0.4, 0.5) is 5.69 Å². The van der Waals surface area contributed by atoms with Crippen molar-refractivity contribution in [2.45, 2.75) is 25.5 Å². The molecule has 0 bridgehead atoms. The van der Waals surface area contributed by atoms with Gasteiger partial charge in [-0.15, -0.1) is 0 Å². The van der Waals surface area contributed by atoms with Crippen molar-refractivity contribution in [1.82, 2.24) is 9.78 Å². The Morgan fingerprint density at radius 1 is 1.75 bits per heavy atom. The smallest absolute Gasteiger partial charge is 0.239 e. The number of aromatic nitrogens is 2. The molecule has 1 aliphatic heterocycles. The molecule has 1 aromatic heterocycles. The van der Waals surface area contributed by atoms with Crippen molar-refractivity contribution in [1.29, 1.82) is 0 Å². The van der Waals surface area contributed by atoms with Crippen LogP contribution in [0.5, 0.6) is 0 Å². The van der Waals surface area contributed by atoms with Crippen LogP contribution < -0.4 is 11.1 Å². The number of hydrogen-bond acceptors (Lipinski definition) is 4. The van der Waals surface area contributed by atoms with Crippen LogP contribution in [0, 0.1) is 0 Å². The minimum atomic E-state index is -0.395. The van der Waals surface area contributed by atoms with Gasteiger partial charge >= 0.3 is 0 Å². The number of anilines is 1. The van der Waals surface area contributed by atoms with E-state index in [0.29, 0.717) is 6.10 Å². The van der Waals surface area contributed by atoms with Gasteiger partial charge in [0, 0.05) is 19.3 Å². The van der Waals surface area contributed by atoms with Crippen LogP contribution in [0.1, 0.15) is 12.8 Å². The lowest BCUT2D eigenvalue weighted by atomic mass is 10.2. The van der Waals surface area contributed by atoms with Crippen LogP contribution in [0.15, 0.2) is 12.4 Å². The minimum Gasteiger partial charge on any atom is -0.380 e. The fourth-order valence-corrected chi connectivity index (χ4v) is 1.74. The molecular weight excluding hydrogens is 208 g/mol. The quantitative estimate of drug-likeness (QED) is 0.735. The number of carbonyl (C=O) groups excluding carboxylic acids is 1. The van der Waals surface area contributed by atoms with E-state index in [4.69, 9.17) is 10.5 Å². The minimum absolute atomic E-state index is 0.113. The maximum absolute atomic E-state index is 10.7. The highest BCUT2D eigenvalue weighted by molar-refractivity contribution is 5.73. The largest absolute Gasteiger partial charge is 0.380 e. The second-order valence-corrected chi connectivity index (χ2v) is 3.91. The molecule has 2 rings (SSSR count). The molecule has 0 saturated carbocycles. The van der Waals surface area contributed by atoms with Gasteiger partial charge in [-0.2, -0.15) is 5.10 Å². The fraction of sp³-hybridized carbons (Fsp3) is 0.600. The highest BCUT2D eigenvalue weighted by Crippen LogP contribution is 2.13. The second kappa shape index (κ2) is 4.98. The van der Waals surface area contributed by atoms with E-state index in [1.807, 2.05) is 0 Å². The Hall–Kier alpha value is -1.56. The molecule has 1 aliphatic rings. The predicted molar refractivity (Wildman–Crippen MR) is 58.9 cm³/mol. The summed E-state index contributed by atoms with van der Waals surface area (Å²) in [7, 11) is 0. The van der Waals surface area contributed by atoms with Gasteiger partial charge in [0.05, 0.1) is 18.0 Å². The number of rotatable bonds is 5. The third-order valence-corrected chi connectivity index (χ3v) is 2.51. The van der Waals surface area contributed by atoms with Gasteiger partial charge in [-0.25, -0.2) is 0 Å². The van der Waals surface area contributed by atoms with Gasteiger partial charge in [0.25, 0.3) is 0 Å². The molecule has 1 aromatic rings. The summed E-state index contributed by atoms with van der Waals surface area (Å²) in [5.74, 6) is -0.395. The Morgan fingerprint density at radius 2 is 2.62 bits per heavy atom. The lowest BCUT2D eigenvalue weighted by Gasteiger charge is -2.09. The van der Waals surface area contributed by atoms with E-state index in [0.717, 1.165) is 31.7 Å². The normalized spacial score (nSPS) is 19.9. The van der Waals surface area contributed by atoms with Crippen molar-refractivity contribution in [3.63, 3.8) is 0 Å². The average Bonchev–Trinajstić information content (AvgIpc) is 2.84. The van der Waals surface area contributed by atoms with Crippen molar-refractivity contribution in [2.75, 3.05) is 18.5 Å². The molecule has 3 N–H and O–H groups in total. The molecule has 88 valence electrons. The molecule has 0 radical (unpaired) electrons. The molecule has 1 fully saturated rings. The zero-order valence-corrected chi connectivity index (χ0v) is 9.06. The maximum Gasteiger partial charge on any atom is 0.239 e. The Balaban J connectivity index is 1.80. The van der Waals surface area contributed by atoms with Gasteiger partial charge < -0.3 is 15.8 Å². The molecule has 1 unspecified atom stereocenters. The molecule has 0 aromatic carbocycles. The molecule has 6 heteroatoms. The molecule has 6 nitrogen and oxygen atoms in total. The Labute approximate surface area is 93.8 Å². The van der Waals surface area contributed by atoms with Crippen LogP contribution in [0.2, 0.25) is 0 Å². The summed E-state index contributed by atoms with van der Waals surface area (Å²) < 4.78 is 7.00. The molecule has 0 aliphatic carbocycles. The van der Waals surface area contributed by atoms with Crippen molar-refractivity contribution in [3.05, 3.63) is 12.4 Å². The van der Waals surface area contributed by atoms with Crippen molar-refractivity contribution >= 4 is 11.6 Å². The average molecular weight is 224 g/mol. The van der Waals surface area contributed by atoms with E-state index in [9.17, 15) is 4.79 Å². The summed E-state index contributed by atoms with van der Waals surface area (Å²) in [5.41, 5.74) is 5.95. The summed E-state index contributed by atoms with van der Waals surface area (Å²) in [6, 6.07) is 0. The van der Waals surface area contributed by atoms with E-state index < -0.39 is 5.91 Å². The van der Waals surface area contributed by atoms with E-state index in [1.165, 1.54) is 4.68 Å². The zero-order chi connectivity index (χ0) is 11.4. The first-order valence-electron chi connectivity index (χ1n) is 5.40. The van der Waals surface area contributed by atoms with Crippen LogP contribution in [0.25, 0.3) is 0 Å². The first kappa shape index (κ1) is 10.9. The van der Waals surface area contributed by atoms with E-state index in [1.54, 1.807) is 12.4 Å². The number of nitrogens with one attached hydrogen (secondary N) is 1. The molecule has 2 heterocycles. The third kappa shape index (κ3) is 2.96. The molecule has 1 amide bonds. The monoisotopic (exact) mass is 224 g/mol. The summed E-state index contributed by atoms with van der Waals surface area (Å²) in [5, 5.41) is 7.23. The fourth-order valence-electron chi connectivity index (χ4n) is 1.74. The van der Waals surface area contributed by atoms with Gasteiger partial charge in [0.1, 0.15) is 6.54 Å². The lowest BCUT2D eigenvalue weighted by Crippen LogP contribution is -2.19. The molecule has 16 heavy (non-hydrogen) atoms. The summed E-state index contributed by atoms with van der Waals surface area (Å²) >= 11 is 0. The zero-order valence-electron chi connectivity index (χ0n) is 9.06. The van der Waals surface area contributed by atoms with Gasteiger partial charge in [-0.05, 0) is 12.8 Å². The Kier molecular flexibility index (Phi) is 3.40. The van der Waals surface area contributed by atoms with Crippen LogP contribution in [-0.2, 0) is 16.1 Å². The molecule has 1 saturated heterocycles. The predicted octanol–water partition coefficient (Wildman–Crippen LogP) is -0.0407. The molecule has 1 atom stereocenters. The first-order chi connectivity index (χ1) is 7.74. The van der Waals surface area contributed by atoms with E-state index in [-0.39, 0.29) is 6.54 Å². The van der Waals surface area contributed by atoms with Crippen LogP contribution >= 0.6 is 0 Å². The summed E-state index contributed by atoms with van der Waals surface area (Å²) in [6.45, 7) is 1.75. The molecular formula is C10H16N4O2. The highest BCUT2D eigenvalue weighted by Gasteiger charge is 2.14. The number of nitrogens with two attached hydrogens (primary N) is 1. The summed E-state index contributed by atoms with van der Waals surface area (Å²) in [6.07, 6.45) is 5.97. The number of amides is 1. The second-order valence-electron chi connectivity index (χ2n) is 3.91. The van der Waals surface area contributed by atoms with Gasteiger partial charge in [0.15, 0.2) is 0 Å². The maximum atomic E-state index is 10.7. The van der Waals surface area contributed by atoms with E-state index >= 15 is 0 Å². The number of hydrogen-bond donors (Lipinski definition) is 2. The van der Waals surface area contributed by atoms with E-state index in [2.05, 4.69) is 10.4 Å². The number of nitrogens with zero attached hydrogens (tertiary/aromatic N) is 2. The number of primary amides is 1. The first-order valence-corrected chi connectivity index (χ1v) is 5.40. The van der Waals surface area contributed by atoms with Gasteiger partial charge in [-0.1, -0.05) is 0 Å². The van der Waals surface area contributed by atoms with Gasteiger partial charge in [0.2, 0.25) is 5.91 Å². The SMILES string of the molecule is NC(=O)Cn1cc(NCC2CCCO2)cn1. The molecule has 0 spiro atoms. The van der Waals surface area contributed by atoms with Crippen molar-refractivity contribution < 1.29 is 9.53 Å². The Bertz CT molecular complexity index is 357. The standard InChI is InChI=1S/C10H16N4O2/c11-10(15)7-14-6-8(4-13-14)12-5-9-2-1-3-16-9/h4,6,9,12H,1-3,5,7H2,(H2,11,15). The highest BCUT2D eigenvalue weighted by atomic mass is 16.5. The number of ether oxygens (including phenoxy) is 1. The topological polar surface area (TPSA) is 82.2 Å². The van der Waals surface area contributed by atoms with Crippen LogP contribution in [-0.4, -0.2) is 34.9 Å².